The molecule has 43 heavy (non-hydrogen) atoms. The third kappa shape index (κ3) is 7.11. The number of alkyl halides is 1. The molecule has 232 valence electrons. The fourth-order valence-corrected chi connectivity index (χ4v) is 7.60. The van der Waals surface area contributed by atoms with Crippen LogP contribution in [0.25, 0.3) is 11.3 Å². The smallest absolute Gasteiger partial charge is 0.320 e. The maximum absolute atomic E-state index is 15.2. The molecule has 2 amide bonds. The van der Waals surface area contributed by atoms with Crippen molar-refractivity contribution in [3.63, 3.8) is 0 Å². The molecule has 1 aromatic heterocycles. The minimum absolute atomic E-state index is 0.198. The fourth-order valence-electron chi connectivity index (χ4n) is 5.77. The van der Waals surface area contributed by atoms with Crippen LogP contribution in [0.2, 0.25) is 0 Å². The van der Waals surface area contributed by atoms with Crippen molar-refractivity contribution in [1.82, 2.24) is 23.7 Å². The molecule has 2 aliphatic rings. The average molecular weight is 611 g/mol. The first-order valence-electron chi connectivity index (χ1n) is 15.0. The summed E-state index contributed by atoms with van der Waals surface area (Å²) in [6.45, 7) is 7.13. The number of rotatable bonds is 10. The normalized spacial score (nSPS) is 17.9. The standard InChI is InChI=1S/C32H43FN6O3S/c1-32(2,3)29(30-35-28(25-12-8-5-9-13-25)23-37(30)21-24-10-6-4-7-11-24)39(22-26(33)20-34)31(40)36-16-18-38(19-17-36)43(41,42)27-14-15-27/h4-13,23,26-27,29H,14-22,34H2,1-3H3/t26-,29-/m0/s1. The monoisotopic (exact) mass is 610 g/mol. The third-order valence-corrected chi connectivity index (χ3v) is 10.6. The Hall–Kier alpha value is -3.28. The van der Waals surface area contributed by atoms with Crippen LogP contribution in [0, 0.1) is 5.41 Å². The number of sulfonamides is 1. The van der Waals surface area contributed by atoms with Gasteiger partial charge in [-0.05, 0) is 23.8 Å². The highest BCUT2D eigenvalue weighted by Crippen LogP contribution is 2.40. The molecule has 1 saturated heterocycles. The molecular formula is C32H43FN6O3S. The number of aromatic nitrogens is 2. The van der Waals surface area contributed by atoms with Crippen molar-refractivity contribution in [3.05, 3.63) is 78.2 Å². The number of hydrogen-bond donors (Lipinski definition) is 1. The van der Waals surface area contributed by atoms with Gasteiger partial charge in [0.1, 0.15) is 12.0 Å². The molecule has 0 spiro atoms. The van der Waals surface area contributed by atoms with E-state index < -0.39 is 27.7 Å². The molecule has 9 nitrogen and oxygen atoms in total. The summed E-state index contributed by atoms with van der Waals surface area (Å²) in [5, 5.41) is -0.296. The Labute approximate surface area is 254 Å². The van der Waals surface area contributed by atoms with Gasteiger partial charge in [0.15, 0.2) is 0 Å². The lowest BCUT2D eigenvalue weighted by Gasteiger charge is -2.44. The topological polar surface area (TPSA) is 105 Å². The molecule has 0 bridgehead atoms. The van der Waals surface area contributed by atoms with Gasteiger partial charge in [0.2, 0.25) is 10.0 Å². The number of halogens is 1. The average Bonchev–Trinajstić information content (AvgIpc) is 3.79. The maximum atomic E-state index is 15.2. The Morgan fingerprint density at radius 2 is 1.63 bits per heavy atom. The quantitative estimate of drug-likeness (QED) is 0.364. The zero-order valence-electron chi connectivity index (χ0n) is 25.3. The Morgan fingerprint density at radius 3 is 2.19 bits per heavy atom. The van der Waals surface area contributed by atoms with Gasteiger partial charge in [0.05, 0.1) is 23.5 Å². The number of imidazole rings is 1. The summed E-state index contributed by atoms with van der Waals surface area (Å²) in [7, 11) is -3.33. The van der Waals surface area contributed by atoms with Gasteiger partial charge in [0, 0.05) is 51.0 Å². The molecule has 2 atom stereocenters. The van der Waals surface area contributed by atoms with E-state index in [0.717, 1.165) is 16.8 Å². The number of amides is 2. The van der Waals surface area contributed by atoms with Gasteiger partial charge in [-0.15, -0.1) is 0 Å². The van der Waals surface area contributed by atoms with Crippen LogP contribution in [0.3, 0.4) is 0 Å². The predicted molar refractivity (Wildman–Crippen MR) is 167 cm³/mol. The fraction of sp³-hybridized carbons (Fsp3) is 0.500. The van der Waals surface area contributed by atoms with E-state index in [1.807, 2.05) is 87.6 Å². The SMILES string of the molecule is CC(C)(C)[C@H](c1nc(-c2ccccc2)cn1Cc1ccccc1)N(C[C@@H](F)CN)C(=O)N1CCN(S(=O)(=O)C2CC2)CC1. The van der Waals surface area contributed by atoms with E-state index in [1.165, 1.54) is 4.31 Å². The molecule has 1 saturated carbocycles. The van der Waals surface area contributed by atoms with E-state index in [2.05, 4.69) is 4.57 Å². The first kappa shape index (κ1) is 31.2. The number of carbonyl (C=O) groups excluding carboxylic acids is 1. The molecule has 2 heterocycles. The lowest BCUT2D eigenvalue weighted by Crippen LogP contribution is -2.57. The summed E-state index contributed by atoms with van der Waals surface area (Å²) in [4.78, 5) is 22.6. The Bertz CT molecular complexity index is 1480. The minimum atomic E-state index is -3.33. The number of nitrogens with two attached hydrogens (primary N) is 1. The van der Waals surface area contributed by atoms with Gasteiger partial charge in [-0.3, -0.25) is 0 Å². The number of nitrogens with zero attached hydrogens (tertiary/aromatic N) is 5. The molecule has 2 aromatic carbocycles. The molecule has 2 N–H and O–H groups in total. The van der Waals surface area contributed by atoms with Crippen LogP contribution in [-0.2, 0) is 16.6 Å². The first-order valence-corrected chi connectivity index (χ1v) is 16.5. The summed E-state index contributed by atoms with van der Waals surface area (Å²) < 4.78 is 44.3. The van der Waals surface area contributed by atoms with E-state index >= 15 is 4.39 Å². The molecule has 3 aromatic rings. The van der Waals surface area contributed by atoms with E-state index in [0.29, 0.717) is 25.2 Å². The second kappa shape index (κ2) is 12.8. The minimum Gasteiger partial charge on any atom is -0.328 e. The first-order chi connectivity index (χ1) is 20.5. The van der Waals surface area contributed by atoms with E-state index in [4.69, 9.17) is 10.7 Å². The summed E-state index contributed by atoms with van der Waals surface area (Å²) >= 11 is 0. The highest BCUT2D eigenvalue weighted by molar-refractivity contribution is 7.90. The lowest BCUT2D eigenvalue weighted by atomic mass is 9.84. The number of benzene rings is 2. The van der Waals surface area contributed by atoms with Crippen molar-refractivity contribution in [3.8, 4) is 11.3 Å². The Kier molecular flexibility index (Phi) is 9.24. The van der Waals surface area contributed by atoms with E-state index in [-0.39, 0.29) is 50.5 Å². The van der Waals surface area contributed by atoms with Crippen LogP contribution in [-0.4, -0.2) is 88.8 Å². The highest BCUT2D eigenvalue weighted by atomic mass is 32.2. The van der Waals surface area contributed by atoms with Crippen LogP contribution in [0.1, 0.15) is 51.0 Å². The van der Waals surface area contributed by atoms with Crippen LogP contribution in [0.15, 0.2) is 66.9 Å². The Morgan fingerprint density at radius 1 is 1.02 bits per heavy atom. The molecule has 11 heteroatoms. The summed E-state index contributed by atoms with van der Waals surface area (Å²) in [6.07, 6.45) is 1.95. The number of urea groups is 1. The summed E-state index contributed by atoms with van der Waals surface area (Å²) in [5.74, 6) is 0.655. The number of carbonyl (C=O) groups is 1. The third-order valence-electron chi connectivity index (χ3n) is 8.16. The zero-order valence-corrected chi connectivity index (χ0v) is 26.1. The molecule has 1 aliphatic heterocycles. The van der Waals surface area contributed by atoms with Gasteiger partial charge in [-0.2, -0.15) is 4.31 Å². The van der Waals surface area contributed by atoms with Crippen molar-refractivity contribution in [2.45, 2.75) is 57.6 Å². The molecular weight excluding hydrogens is 567 g/mol. The van der Waals surface area contributed by atoms with Crippen molar-refractivity contribution < 1.29 is 17.6 Å². The van der Waals surface area contributed by atoms with Crippen molar-refractivity contribution in [1.29, 1.82) is 0 Å². The van der Waals surface area contributed by atoms with Crippen LogP contribution < -0.4 is 5.73 Å². The van der Waals surface area contributed by atoms with Crippen LogP contribution >= 0.6 is 0 Å². The lowest BCUT2D eigenvalue weighted by molar-refractivity contribution is 0.0615. The van der Waals surface area contributed by atoms with Gasteiger partial charge in [-0.25, -0.2) is 22.6 Å². The van der Waals surface area contributed by atoms with Crippen LogP contribution in [0.4, 0.5) is 9.18 Å². The van der Waals surface area contributed by atoms with E-state index in [1.54, 1.807) is 9.80 Å². The van der Waals surface area contributed by atoms with Crippen molar-refractivity contribution in [2.75, 3.05) is 39.3 Å². The highest BCUT2D eigenvalue weighted by Gasteiger charge is 2.44. The van der Waals surface area contributed by atoms with Gasteiger partial charge < -0.3 is 20.1 Å². The molecule has 5 rings (SSSR count). The zero-order chi connectivity index (χ0) is 30.8. The predicted octanol–water partition coefficient (Wildman–Crippen LogP) is 4.51. The number of hydrogen-bond acceptors (Lipinski definition) is 5. The van der Waals surface area contributed by atoms with Gasteiger partial charge in [0.25, 0.3) is 0 Å². The second-order valence-electron chi connectivity index (χ2n) is 12.6. The van der Waals surface area contributed by atoms with Gasteiger partial charge >= 0.3 is 6.03 Å². The van der Waals surface area contributed by atoms with E-state index in [9.17, 15) is 13.2 Å². The summed E-state index contributed by atoms with van der Waals surface area (Å²) in [5.41, 5.74) is 7.99. The molecule has 2 fully saturated rings. The van der Waals surface area contributed by atoms with Crippen LogP contribution in [0.5, 0.6) is 0 Å². The van der Waals surface area contributed by atoms with Crippen molar-refractivity contribution in [2.24, 2.45) is 11.1 Å². The largest absolute Gasteiger partial charge is 0.328 e. The molecule has 0 radical (unpaired) electrons. The maximum Gasteiger partial charge on any atom is 0.320 e. The second-order valence-corrected chi connectivity index (χ2v) is 14.8. The molecule has 1 aliphatic carbocycles. The van der Waals surface area contributed by atoms with Gasteiger partial charge in [-0.1, -0.05) is 81.4 Å². The Balaban J connectivity index is 1.52. The summed E-state index contributed by atoms with van der Waals surface area (Å²) in [6, 6.07) is 19.0. The number of piperazine rings is 1. The van der Waals surface area contributed by atoms with Crippen molar-refractivity contribution >= 4 is 16.1 Å². The molecule has 0 unspecified atom stereocenters.